The van der Waals surface area contributed by atoms with Crippen LogP contribution in [0.5, 0.6) is 5.75 Å². The molecule has 0 spiro atoms. The van der Waals surface area contributed by atoms with Crippen molar-refractivity contribution in [2.45, 2.75) is 20.5 Å². The van der Waals surface area contributed by atoms with Gasteiger partial charge in [-0.25, -0.2) is 0 Å². The lowest BCUT2D eigenvalue weighted by Crippen LogP contribution is -1.98. The molecule has 3 aromatic carbocycles. The highest BCUT2D eigenvalue weighted by Crippen LogP contribution is 2.25. The third-order valence-corrected chi connectivity index (χ3v) is 5.00. The van der Waals surface area contributed by atoms with Crippen molar-refractivity contribution in [1.82, 2.24) is 0 Å². The minimum Gasteiger partial charge on any atom is -0.488 e. The molecule has 0 radical (unpaired) electrons. The molecule has 0 heterocycles. The summed E-state index contributed by atoms with van der Waals surface area (Å²) in [4.78, 5) is 4.65. The average Bonchev–Trinajstić information content (AvgIpc) is 2.61. The van der Waals surface area contributed by atoms with E-state index in [1.807, 2.05) is 54.7 Å². The first kappa shape index (κ1) is 18.9. The predicted octanol–water partition coefficient (Wildman–Crippen LogP) is 7.16. The molecule has 0 fully saturated rings. The molecule has 0 atom stereocenters. The van der Waals surface area contributed by atoms with Gasteiger partial charge in [-0.15, -0.1) is 0 Å². The second-order valence-electron chi connectivity index (χ2n) is 6.15. The summed E-state index contributed by atoms with van der Waals surface area (Å²) in [5, 5.41) is 0. The van der Waals surface area contributed by atoms with E-state index in [1.54, 1.807) is 0 Å². The summed E-state index contributed by atoms with van der Waals surface area (Å²) in [6.45, 7) is 4.67. The van der Waals surface area contributed by atoms with Crippen molar-refractivity contribution in [2.75, 3.05) is 0 Å². The minimum atomic E-state index is 0.513. The van der Waals surface area contributed by atoms with Gasteiger partial charge in [0.15, 0.2) is 0 Å². The number of rotatable bonds is 5. The van der Waals surface area contributed by atoms with Crippen LogP contribution in [0, 0.1) is 13.8 Å². The zero-order valence-corrected chi connectivity index (χ0v) is 17.8. The zero-order valence-electron chi connectivity index (χ0n) is 14.7. The average molecular weight is 473 g/mol. The number of halogens is 2. The SMILES string of the molecule is Cc1ccc(N=Cc2cc(Br)ccc2OCc2ccc(Br)cc2)c(C)c1. The molecule has 0 bridgehead atoms. The van der Waals surface area contributed by atoms with Crippen LogP contribution in [0.1, 0.15) is 22.3 Å². The summed E-state index contributed by atoms with van der Waals surface area (Å²) in [5.74, 6) is 0.810. The van der Waals surface area contributed by atoms with Gasteiger partial charge in [0.2, 0.25) is 0 Å². The van der Waals surface area contributed by atoms with Gasteiger partial charge in [-0.05, 0) is 61.4 Å². The summed E-state index contributed by atoms with van der Waals surface area (Å²) in [7, 11) is 0. The van der Waals surface area contributed by atoms with Gasteiger partial charge in [-0.3, -0.25) is 4.99 Å². The third-order valence-electron chi connectivity index (χ3n) is 3.97. The smallest absolute Gasteiger partial charge is 0.128 e. The number of nitrogens with zero attached hydrogens (tertiary/aromatic N) is 1. The van der Waals surface area contributed by atoms with Crippen LogP contribution in [0.15, 0.2) is 74.6 Å². The van der Waals surface area contributed by atoms with Gasteiger partial charge in [0, 0.05) is 20.7 Å². The fourth-order valence-corrected chi connectivity index (χ4v) is 3.23. The monoisotopic (exact) mass is 471 g/mol. The quantitative estimate of drug-likeness (QED) is 0.361. The molecule has 0 aliphatic rings. The molecule has 0 aliphatic heterocycles. The molecule has 0 aromatic heterocycles. The molecule has 3 aromatic rings. The summed E-state index contributed by atoms with van der Waals surface area (Å²) in [6.07, 6.45) is 1.86. The van der Waals surface area contributed by atoms with Crippen LogP contribution in [-0.4, -0.2) is 6.21 Å². The van der Waals surface area contributed by atoms with Crippen LogP contribution in [0.3, 0.4) is 0 Å². The maximum atomic E-state index is 6.03. The largest absolute Gasteiger partial charge is 0.488 e. The van der Waals surface area contributed by atoms with Crippen LogP contribution in [0.4, 0.5) is 5.69 Å². The number of ether oxygens (including phenoxy) is 1. The molecule has 0 saturated carbocycles. The molecule has 4 heteroatoms. The standard InChI is InChI=1S/C22H19Br2NO/c1-15-3-9-21(16(2)11-15)25-13-18-12-20(24)8-10-22(18)26-14-17-4-6-19(23)7-5-17/h3-13H,14H2,1-2H3. The highest BCUT2D eigenvalue weighted by atomic mass is 79.9. The Labute approximate surface area is 171 Å². The zero-order chi connectivity index (χ0) is 18.5. The lowest BCUT2D eigenvalue weighted by Gasteiger charge is -2.10. The highest BCUT2D eigenvalue weighted by Gasteiger charge is 2.04. The van der Waals surface area contributed by atoms with Crippen molar-refractivity contribution in [2.24, 2.45) is 4.99 Å². The first-order valence-corrected chi connectivity index (χ1v) is 9.88. The normalized spacial score (nSPS) is 11.1. The highest BCUT2D eigenvalue weighted by molar-refractivity contribution is 9.10. The maximum absolute atomic E-state index is 6.03. The number of aliphatic imine (C=N–C) groups is 1. The molecule has 0 amide bonds. The Morgan fingerprint density at radius 2 is 1.62 bits per heavy atom. The van der Waals surface area contributed by atoms with Gasteiger partial charge in [0.05, 0.1) is 5.69 Å². The van der Waals surface area contributed by atoms with E-state index >= 15 is 0 Å². The number of hydrogen-bond donors (Lipinski definition) is 0. The molecule has 2 nitrogen and oxygen atoms in total. The van der Waals surface area contributed by atoms with E-state index in [0.717, 1.165) is 37.1 Å². The first-order valence-electron chi connectivity index (χ1n) is 8.29. The molecule has 3 rings (SSSR count). The van der Waals surface area contributed by atoms with E-state index in [1.165, 1.54) is 5.56 Å². The van der Waals surface area contributed by atoms with E-state index in [0.29, 0.717) is 6.61 Å². The van der Waals surface area contributed by atoms with Crippen molar-refractivity contribution in [3.63, 3.8) is 0 Å². The Kier molecular flexibility index (Phi) is 6.28. The van der Waals surface area contributed by atoms with E-state index in [2.05, 4.69) is 62.8 Å². The third kappa shape index (κ3) is 5.05. The fourth-order valence-electron chi connectivity index (χ4n) is 2.58. The van der Waals surface area contributed by atoms with E-state index in [9.17, 15) is 0 Å². The maximum Gasteiger partial charge on any atom is 0.128 e. The lowest BCUT2D eigenvalue weighted by atomic mass is 10.1. The summed E-state index contributed by atoms with van der Waals surface area (Å²) in [5.41, 5.74) is 5.43. The molecule has 0 saturated heterocycles. The lowest BCUT2D eigenvalue weighted by molar-refractivity contribution is 0.306. The second kappa shape index (κ2) is 8.65. The van der Waals surface area contributed by atoms with Gasteiger partial charge in [0.25, 0.3) is 0 Å². The van der Waals surface area contributed by atoms with Gasteiger partial charge in [0.1, 0.15) is 12.4 Å². The summed E-state index contributed by atoms with van der Waals surface area (Å²) >= 11 is 6.98. The number of benzene rings is 3. The fraction of sp³-hybridized carbons (Fsp3) is 0.136. The van der Waals surface area contributed by atoms with Crippen molar-refractivity contribution in [3.05, 3.63) is 91.9 Å². The second-order valence-corrected chi connectivity index (χ2v) is 7.98. The molecule has 0 unspecified atom stereocenters. The van der Waals surface area contributed by atoms with Crippen molar-refractivity contribution >= 4 is 43.8 Å². The van der Waals surface area contributed by atoms with Crippen LogP contribution in [0.2, 0.25) is 0 Å². The van der Waals surface area contributed by atoms with E-state index in [4.69, 9.17) is 4.74 Å². The summed E-state index contributed by atoms with van der Waals surface area (Å²) in [6, 6.07) is 20.3. The first-order chi connectivity index (χ1) is 12.5. The molecule has 26 heavy (non-hydrogen) atoms. The Morgan fingerprint density at radius 1 is 0.885 bits per heavy atom. The molecular formula is C22H19Br2NO. The van der Waals surface area contributed by atoms with Gasteiger partial charge >= 0.3 is 0 Å². The Balaban J connectivity index is 1.81. The topological polar surface area (TPSA) is 21.6 Å². The van der Waals surface area contributed by atoms with Crippen molar-refractivity contribution in [1.29, 1.82) is 0 Å². The molecular weight excluding hydrogens is 454 g/mol. The van der Waals surface area contributed by atoms with Crippen LogP contribution in [0.25, 0.3) is 0 Å². The Hall–Kier alpha value is -1.91. The van der Waals surface area contributed by atoms with Gasteiger partial charge in [-0.2, -0.15) is 0 Å². The predicted molar refractivity (Wildman–Crippen MR) is 116 cm³/mol. The molecule has 0 N–H and O–H groups in total. The molecule has 0 aliphatic carbocycles. The number of aryl methyl sites for hydroxylation is 2. The van der Waals surface area contributed by atoms with E-state index in [-0.39, 0.29) is 0 Å². The van der Waals surface area contributed by atoms with Gasteiger partial charge < -0.3 is 4.74 Å². The van der Waals surface area contributed by atoms with E-state index < -0.39 is 0 Å². The number of hydrogen-bond acceptors (Lipinski definition) is 2. The Morgan fingerprint density at radius 3 is 2.35 bits per heavy atom. The van der Waals surface area contributed by atoms with Gasteiger partial charge in [-0.1, -0.05) is 61.7 Å². The van der Waals surface area contributed by atoms with Crippen molar-refractivity contribution < 1.29 is 4.74 Å². The Bertz CT molecular complexity index is 933. The van der Waals surface area contributed by atoms with Crippen molar-refractivity contribution in [3.8, 4) is 5.75 Å². The van der Waals surface area contributed by atoms with Crippen LogP contribution in [-0.2, 0) is 6.61 Å². The van der Waals surface area contributed by atoms with Crippen LogP contribution >= 0.6 is 31.9 Å². The minimum absolute atomic E-state index is 0.513. The van der Waals surface area contributed by atoms with Crippen LogP contribution < -0.4 is 4.74 Å². The summed E-state index contributed by atoms with van der Waals surface area (Å²) < 4.78 is 8.09. The molecule has 132 valence electrons.